The molecule has 4 nitrogen and oxygen atoms in total. The monoisotopic (exact) mass is 362 g/mol. The fraction of sp³-hybridized carbons (Fsp3) is 0.727. The molecule has 0 amide bonds. The predicted molar refractivity (Wildman–Crippen MR) is 104 cm³/mol. The third-order valence-electron chi connectivity index (χ3n) is 5.29. The van der Waals surface area contributed by atoms with Crippen LogP contribution in [0.15, 0.2) is 12.2 Å². The maximum atomic E-state index is 12.3. The summed E-state index contributed by atoms with van der Waals surface area (Å²) < 4.78 is 0. The summed E-state index contributed by atoms with van der Waals surface area (Å²) >= 11 is 0. The number of carboxylic acids is 1. The summed E-state index contributed by atoms with van der Waals surface area (Å²) in [5.41, 5.74) is 0. The lowest BCUT2D eigenvalue weighted by Gasteiger charge is -2.18. The van der Waals surface area contributed by atoms with E-state index in [-0.39, 0.29) is 30.0 Å². The molecule has 4 atom stereocenters. The Bertz CT molecular complexity index is 503. The Morgan fingerprint density at radius 2 is 2.00 bits per heavy atom. The van der Waals surface area contributed by atoms with Crippen LogP contribution in [0, 0.1) is 30.1 Å². The van der Waals surface area contributed by atoms with Crippen molar-refractivity contribution in [3.63, 3.8) is 0 Å². The van der Waals surface area contributed by atoms with Crippen LogP contribution in [0.1, 0.15) is 77.6 Å². The van der Waals surface area contributed by atoms with Crippen LogP contribution in [-0.2, 0) is 9.59 Å². The number of allylic oxidation sites excluding steroid dienone is 1. The number of carbonyl (C=O) groups is 2. The first-order chi connectivity index (χ1) is 12.5. The van der Waals surface area contributed by atoms with Gasteiger partial charge in [0, 0.05) is 30.6 Å². The number of terminal acetylenes is 1. The molecule has 1 saturated carbocycles. The molecule has 0 aromatic rings. The van der Waals surface area contributed by atoms with Gasteiger partial charge in [0.25, 0.3) is 0 Å². The fourth-order valence-electron chi connectivity index (χ4n) is 3.74. The zero-order chi connectivity index (χ0) is 19.4. The Hall–Kier alpha value is -1.60. The smallest absolute Gasteiger partial charge is 0.303 e. The van der Waals surface area contributed by atoms with Gasteiger partial charge in [-0.2, -0.15) is 0 Å². The van der Waals surface area contributed by atoms with Gasteiger partial charge in [-0.05, 0) is 19.3 Å². The van der Waals surface area contributed by atoms with Crippen molar-refractivity contribution in [1.29, 1.82) is 0 Å². The number of carbonyl (C=O) groups excluding carboxylic acids is 1. The van der Waals surface area contributed by atoms with Crippen molar-refractivity contribution in [3.8, 4) is 12.3 Å². The molecule has 0 spiro atoms. The summed E-state index contributed by atoms with van der Waals surface area (Å²) in [4.78, 5) is 22.9. The van der Waals surface area contributed by atoms with Crippen LogP contribution in [0.4, 0.5) is 0 Å². The summed E-state index contributed by atoms with van der Waals surface area (Å²) in [6, 6.07) is 0. The maximum Gasteiger partial charge on any atom is 0.303 e. The second-order valence-electron chi connectivity index (χ2n) is 7.42. The second-order valence-corrected chi connectivity index (χ2v) is 7.42. The molecule has 0 aromatic carbocycles. The molecule has 4 heteroatoms. The number of rotatable bonds is 13. The summed E-state index contributed by atoms with van der Waals surface area (Å²) in [6.07, 6.45) is 17.8. The van der Waals surface area contributed by atoms with Crippen molar-refractivity contribution in [1.82, 2.24) is 0 Å². The van der Waals surface area contributed by atoms with E-state index in [1.165, 1.54) is 0 Å². The van der Waals surface area contributed by atoms with Crippen molar-refractivity contribution < 1.29 is 19.8 Å². The van der Waals surface area contributed by atoms with Crippen LogP contribution in [0.25, 0.3) is 0 Å². The molecule has 0 unspecified atom stereocenters. The van der Waals surface area contributed by atoms with Gasteiger partial charge in [-0.15, -0.1) is 12.3 Å². The number of aliphatic hydroxyl groups excluding tert-OH is 1. The molecule has 0 aliphatic heterocycles. The van der Waals surface area contributed by atoms with E-state index in [1.807, 2.05) is 12.2 Å². The molecular formula is C22H34O4. The highest BCUT2D eigenvalue weighted by atomic mass is 16.4. The number of unbranched alkanes of at least 4 members (excludes halogenated alkanes) is 5. The highest BCUT2D eigenvalue weighted by Gasteiger charge is 2.39. The largest absolute Gasteiger partial charge is 0.481 e. The average Bonchev–Trinajstić information content (AvgIpc) is 2.91. The Morgan fingerprint density at radius 1 is 1.27 bits per heavy atom. The third-order valence-corrected chi connectivity index (χ3v) is 5.29. The third kappa shape index (κ3) is 8.19. The van der Waals surface area contributed by atoms with Crippen molar-refractivity contribution >= 4 is 11.8 Å². The van der Waals surface area contributed by atoms with E-state index in [4.69, 9.17) is 11.5 Å². The van der Waals surface area contributed by atoms with Crippen LogP contribution in [0.3, 0.4) is 0 Å². The number of carboxylic acid groups (broad SMARTS) is 1. The number of ketones is 1. The molecule has 0 heterocycles. The molecular weight excluding hydrogens is 328 g/mol. The molecule has 146 valence electrons. The van der Waals surface area contributed by atoms with E-state index in [9.17, 15) is 14.7 Å². The first-order valence-electron chi connectivity index (χ1n) is 10.1. The van der Waals surface area contributed by atoms with Gasteiger partial charge in [-0.25, -0.2) is 0 Å². The fourth-order valence-corrected chi connectivity index (χ4v) is 3.74. The SMILES string of the molecule is C#C[C@@H]1CC(=O)[C@H](CCCCCCC(=O)O)[C@H]1C=C[C@@H](O)CCCCC. The van der Waals surface area contributed by atoms with E-state index < -0.39 is 12.1 Å². The van der Waals surface area contributed by atoms with Crippen molar-refractivity contribution in [3.05, 3.63) is 12.2 Å². The van der Waals surface area contributed by atoms with E-state index in [1.54, 1.807) is 0 Å². The molecule has 0 aromatic heterocycles. The summed E-state index contributed by atoms with van der Waals surface area (Å²) in [5, 5.41) is 18.7. The number of aliphatic hydroxyl groups is 1. The Labute approximate surface area is 158 Å². The van der Waals surface area contributed by atoms with Gasteiger partial charge < -0.3 is 10.2 Å². The molecule has 0 radical (unpaired) electrons. The lowest BCUT2D eigenvalue weighted by atomic mass is 9.85. The average molecular weight is 363 g/mol. The molecule has 0 bridgehead atoms. The van der Waals surface area contributed by atoms with Crippen molar-refractivity contribution in [2.75, 3.05) is 0 Å². The second kappa shape index (κ2) is 12.7. The van der Waals surface area contributed by atoms with E-state index in [2.05, 4.69) is 12.8 Å². The quantitative estimate of drug-likeness (QED) is 0.290. The van der Waals surface area contributed by atoms with Gasteiger partial charge in [-0.1, -0.05) is 57.6 Å². The van der Waals surface area contributed by atoms with Crippen LogP contribution in [0.5, 0.6) is 0 Å². The number of hydrogen-bond acceptors (Lipinski definition) is 3. The zero-order valence-electron chi connectivity index (χ0n) is 16.0. The minimum atomic E-state index is -0.754. The van der Waals surface area contributed by atoms with Gasteiger partial charge in [0.2, 0.25) is 0 Å². The van der Waals surface area contributed by atoms with E-state index in [0.29, 0.717) is 12.8 Å². The van der Waals surface area contributed by atoms with Crippen molar-refractivity contribution in [2.45, 2.75) is 83.7 Å². The molecule has 2 N–H and O–H groups in total. The molecule has 1 aliphatic rings. The van der Waals surface area contributed by atoms with E-state index >= 15 is 0 Å². The molecule has 26 heavy (non-hydrogen) atoms. The first kappa shape index (κ1) is 22.4. The van der Waals surface area contributed by atoms with Gasteiger partial charge in [0.05, 0.1) is 6.10 Å². The molecule has 1 aliphatic carbocycles. The number of aliphatic carboxylic acids is 1. The Kier molecular flexibility index (Phi) is 11.0. The van der Waals surface area contributed by atoms with Crippen LogP contribution >= 0.6 is 0 Å². The summed E-state index contributed by atoms with van der Waals surface area (Å²) in [6.45, 7) is 2.14. The highest BCUT2D eigenvalue weighted by molar-refractivity contribution is 5.84. The zero-order valence-corrected chi connectivity index (χ0v) is 16.0. The Balaban J connectivity index is 2.49. The normalized spacial score (nSPS) is 24.0. The van der Waals surface area contributed by atoms with Crippen LogP contribution in [-0.4, -0.2) is 28.1 Å². The highest BCUT2D eigenvalue weighted by Crippen LogP contribution is 2.38. The summed E-state index contributed by atoms with van der Waals surface area (Å²) in [7, 11) is 0. The topological polar surface area (TPSA) is 74.6 Å². The lowest BCUT2D eigenvalue weighted by molar-refractivity contribution is -0.137. The van der Waals surface area contributed by atoms with E-state index in [0.717, 1.165) is 51.4 Å². The van der Waals surface area contributed by atoms with Crippen molar-refractivity contribution in [2.24, 2.45) is 17.8 Å². The van der Waals surface area contributed by atoms with Gasteiger partial charge in [0.15, 0.2) is 0 Å². The minimum absolute atomic E-state index is 0.0207. The lowest BCUT2D eigenvalue weighted by Crippen LogP contribution is -2.16. The predicted octanol–water partition coefficient (Wildman–Crippen LogP) is 4.36. The van der Waals surface area contributed by atoms with Crippen LogP contribution in [0.2, 0.25) is 0 Å². The molecule has 1 fully saturated rings. The van der Waals surface area contributed by atoms with Crippen LogP contribution < -0.4 is 0 Å². The van der Waals surface area contributed by atoms with Gasteiger partial charge in [0.1, 0.15) is 5.78 Å². The summed E-state index contributed by atoms with van der Waals surface area (Å²) in [5.74, 6) is 2.12. The van der Waals surface area contributed by atoms with Gasteiger partial charge >= 0.3 is 5.97 Å². The first-order valence-corrected chi connectivity index (χ1v) is 10.1. The molecule has 0 saturated heterocycles. The minimum Gasteiger partial charge on any atom is -0.481 e. The van der Waals surface area contributed by atoms with Gasteiger partial charge in [-0.3, -0.25) is 9.59 Å². The Morgan fingerprint density at radius 3 is 2.65 bits per heavy atom. The number of Topliss-reactive ketones (excluding diaryl/α,β-unsaturated/α-hetero) is 1. The maximum absolute atomic E-state index is 12.3. The molecule has 1 rings (SSSR count). The number of hydrogen-bond donors (Lipinski definition) is 2. The standard InChI is InChI=1S/C22H34O4/c1-3-5-8-11-18(23)14-15-19-17(4-2)16-21(24)20(19)12-9-6-7-10-13-22(25)26/h2,14-15,17-20,23H,3,5-13,16H2,1H3,(H,25,26)/t17-,18+,19+,20-/m1/s1.